The largest absolute Gasteiger partial charge is 0.365 e. The van der Waals surface area contributed by atoms with Crippen molar-refractivity contribution in [3.63, 3.8) is 0 Å². The minimum Gasteiger partial charge on any atom is -0.269 e. The number of imide groups is 1. The molecule has 2 aliphatic rings. The highest BCUT2D eigenvalue weighted by Gasteiger charge is 2.52. The molecule has 114 valence electrons. The van der Waals surface area contributed by atoms with E-state index < -0.39 is 6.04 Å². The van der Waals surface area contributed by atoms with Gasteiger partial charge in [0, 0.05) is 19.1 Å². The molecule has 2 heterocycles. The second-order valence-corrected chi connectivity index (χ2v) is 6.28. The lowest BCUT2D eigenvalue weighted by Gasteiger charge is -2.30. The van der Waals surface area contributed by atoms with Crippen molar-refractivity contribution >= 4 is 50.0 Å². The van der Waals surface area contributed by atoms with Crippen LogP contribution in [-0.2, 0) is 11.3 Å². The quantitative estimate of drug-likeness (QED) is 0.578. The van der Waals surface area contributed by atoms with Crippen molar-refractivity contribution in [1.29, 1.82) is 0 Å². The number of fused-ring (bicyclic) bond motifs is 1. The molecule has 0 bridgehead atoms. The predicted molar refractivity (Wildman–Crippen MR) is 86.5 cm³/mol. The Morgan fingerprint density at radius 2 is 1.86 bits per heavy atom. The number of amidine groups is 2. The number of hydrogen-bond acceptors (Lipinski definition) is 3. The van der Waals surface area contributed by atoms with E-state index in [1.807, 2.05) is 16.7 Å². The molecule has 0 saturated carbocycles. The number of carbonyl (C=O) groups is 2. The van der Waals surface area contributed by atoms with Crippen molar-refractivity contribution in [2.24, 2.45) is 4.99 Å². The average molecular weight is 385 g/mol. The predicted octanol–water partition coefficient (Wildman–Crippen LogP) is 1.91. The van der Waals surface area contributed by atoms with Crippen molar-refractivity contribution in [2.75, 3.05) is 14.1 Å². The highest BCUT2D eigenvalue weighted by atomic mass is 79.9. The molecule has 0 N–H and O–H groups in total. The summed E-state index contributed by atoms with van der Waals surface area (Å²) in [6.07, 6.45) is 0. The van der Waals surface area contributed by atoms with Gasteiger partial charge in [0.15, 0.2) is 0 Å². The van der Waals surface area contributed by atoms with Gasteiger partial charge >= 0.3 is 10.8 Å². The third kappa shape index (κ3) is 2.34. The number of benzene rings is 1. The number of rotatable bonds is 2. The zero-order chi connectivity index (χ0) is 16.0. The van der Waals surface area contributed by atoms with E-state index in [0.717, 1.165) is 10.5 Å². The van der Waals surface area contributed by atoms with E-state index in [2.05, 4.69) is 20.9 Å². The average Bonchev–Trinajstić information content (AvgIpc) is 2.82. The molecule has 2 aliphatic heterocycles. The Bertz CT molecular complexity index is 729. The fourth-order valence-corrected chi connectivity index (χ4v) is 3.15. The minimum absolute atomic E-state index is 0.287. The van der Waals surface area contributed by atoms with E-state index in [1.165, 1.54) is 11.9 Å². The Morgan fingerprint density at radius 1 is 1.23 bits per heavy atom. The van der Waals surface area contributed by atoms with Gasteiger partial charge in [-0.1, -0.05) is 23.7 Å². The first-order valence-corrected chi connectivity index (χ1v) is 7.74. The smallest absolute Gasteiger partial charge is 0.269 e. The molecule has 0 radical (unpaired) electrons. The monoisotopic (exact) mass is 383 g/mol. The summed E-state index contributed by atoms with van der Waals surface area (Å²) in [6.45, 7) is 0.483. The molecule has 3 amide bonds. The van der Waals surface area contributed by atoms with E-state index in [-0.39, 0.29) is 11.9 Å². The van der Waals surface area contributed by atoms with Gasteiger partial charge in [-0.15, -0.1) is 0 Å². The molecule has 1 unspecified atom stereocenters. The lowest BCUT2D eigenvalue weighted by molar-refractivity contribution is -0.548. The van der Waals surface area contributed by atoms with Crippen LogP contribution in [0.2, 0.25) is 5.02 Å². The van der Waals surface area contributed by atoms with Crippen LogP contribution < -0.4 is 0 Å². The minimum atomic E-state index is -0.599. The van der Waals surface area contributed by atoms with E-state index in [1.54, 1.807) is 19.2 Å². The van der Waals surface area contributed by atoms with Gasteiger partial charge in [-0.25, -0.2) is 9.37 Å². The van der Waals surface area contributed by atoms with Crippen molar-refractivity contribution in [1.82, 2.24) is 9.80 Å². The summed E-state index contributed by atoms with van der Waals surface area (Å²) in [4.78, 5) is 31.3. The van der Waals surface area contributed by atoms with Crippen molar-refractivity contribution in [2.45, 2.75) is 12.6 Å². The molecule has 0 aliphatic carbocycles. The fraction of sp³-hybridized carbons (Fsp3) is 0.286. The summed E-state index contributed by atoms with van der Waals surface area (Å²) < 4.78 is 2.35. The number of urea groups is 1. The molecule has 22 heavy (non-hydrogen) atoms. The fourth-order valence-electron chi connectivity index (χ4n) is 2.51. The van der Waals surface area contributed by atoms with Crippen LogP contribution in [0.25, 0.3) is 0 Å². The van der Waals surface area contributed by atoms with Crippen LogP contribution in [0.3, 0.4) is 0 Å². The zero-order valence-corrected chi connectivity index (χ0v) is 14.3. The van der Waals surface area contributed by atoms with Crippen LogP contribution in [0, 0.1) is 0 Å². The first-order chi connectivity index (χ1) is 10.4. The molecule has 1 saturated heterocycles. The summed E-state index contributed by atoms with van der Waals surface area (Å²) in [6, 6.07) is 6.41. The van der Waals surface area contributed by atoms with Gasteiger partial charge in [-0.2, -0.15) is 0 Å². The van der Waals surface area contributed by atoms with Crippen molar-refractivity contribution < 1.29 is 14.2 Å². The molecular weight excluding hydrogens is 372 g/mol. The first-order valence-electron chi connectivity index (χ1n) is 6.57. The Morgan fingerprint density at radius 3 is 2.50 bits per heavy atom. The molecule has 0 aromatic heterocycles. The number of nitrogens with zero attached hydrogens (tertiary/aromatic N) is 4. The van der Waals surface area contributed by atoms with Crippen LogP contribution in [0.1, 0.15) is 5.56 Å². The molecule has 8 heteroatoms. The second-order valence-electron chi connectivity index (χ2n) is 5.13. The summed E-state index contributed by atoms with van der Waals surface area (Å²) in [5.74, 6) is 0.152. The molecule has 1 fully saturated rings. The van der Waals surface area contributed by atoms with Crippen molar-refractivity contribution in [3.8, 4) is 0 Å². The number of amides is 3. The zero-order valence-electron chi connectivity index (χ0n) is 12.0. The summed E-state index contributed by atoms with van der Waals surface area (Å²) >= 11 is 9.27. The van der Waals surface area contributed by atoms with E-state index >= 15 is 0 Å². The van der Waals surface area contributed by atoms with Gasteiger partial charge in [-0.3, -0.25) is 14.6 Å². The Labute approximate surface area is 140 Å². The lowest BCUT2D eigenvalue weighted by atomic mass is 10.1. The standard InChI is InChI=1S/C14H13BrClN4O2/c1-18-11-10(12(21)19(2)14(18)22)20(13(15)17-11)7-8-3-5-9(16)6-4-8/h3-6,10H,7H2,1-2H3/q+1. The van der Waals surface area contributed by atoms with Gasteiger partial charge < -0.3 is 0 Å². The molecule has 0 spiro atoms. The van der Waals surface area contributed by atoms with Crippen molar-refractivity contribution in [3.05, 3.63) is 34.9 Å². The Hall–Kier alpha value is -1.73. The van der Waals surface area contributed by atoms with Gasteiger partial charge in [0.2, 0.25) is 0 Å². The molecule has 1 aromatic carbocycles. The van der Waals surface area contributed by atoms with Crippen LogP contribution in [0.15, 0.2) is 29.3 Å². The maximum absolute atomic E-state index is 12.5. The third-order valence-corrected chi connectivity index (χ3v) is 4.63. The second kappa shape index (κ2) is 5.48. The maximum Gasteiger partial charge on any atom is 0.365 e. The number of halogens is 2. The van der Waals surface area contributed by atoms with Gasteiger partial charge in [0.1, 0.15) is 6.54 Å². The highest BCUT2D eigenvalue weighted by Crippen LogP contribution is 2.22. The first kappa shape index (κ1) is 15.2. The van der Waals surface area contributed by atoms with Crippen LogP contribution in [-0.4, -0.2) is 57.0 Å². The van der Waals surface area contributed by atoms with Gasteiger partial charge in [-0.05, 0) is 22.7 Å². The Balaban J connectivity index is 1.93. The molecule has 1 aromatic rings. The topological polar surface area (TPSA) is 56.0 Å². The number of likely N-dealkylation sites (N-methyl/N-ethyl adjacent to an activating group) is 2. The number of aliphatic imine (C=N–C) groups is 1. The van der Waals surface area contributed by atoms with Crippen LogP contribution in [0.4, 0.5) is 4.79 Å². The van der Waals surface area contributed by atoms with Crippen LogP contribution >= 0.6 is 27.5 Å². The number of carbonyl (C=O) groups excluding carboxylic acids is 2. The Kier molecular flexibility index (Phi) is 3.78. The van der Waals surface area contributed by atoms with E-state index in [4.69, 9.17) is 11.6 Å². The lowest BCUT2D eigenvalue weighted by Crippen LogP contribution is -2.61. The molecular formula is C14H13BrClN4O2+. The molecule has 3 rings (SSSR count). The highest BCUT2D eigenvalue weighted by molar-refractivity contribution is 9.18. The van der Waals surface area contributed by atoms with E-state index in [0.29, 0.717) is 22.1 Å². The van der Waals surface area contributed by atoms with Gasteiger partial charge in [0.05, 0.1) is 15.9 Å². The van der Waals surface area contributed by atoms with E-state index in [9.17, 15) is 9.59 Å². The molecule has 6 nitrogen and oxygen atoms in total. The SMILES string of the molecule is CN1C(=O)C2C(=NC(Br)=[N+]2Cc2ccc(Cl)cc2)N(C)C1=O. The summed E-state index contributed by atoms with van der Waals surface area (Å²) in [5.41, 5.74) is 0.993. The molecule has 1 atom stereocenters. The summed E-state index contributed by atoms with van der Waals surface area (Å²) in [5, 5.41) is 0.656. The maximum atomic E-state index is 12.5. The van der Waals surface area contributed by atoms with Crippen LogP contribution in [0.5, 0.6) is 0 Å². The van der Waals surface area contributed by atoms with Gasteiger partial charge in [0.25, 0.3) is 17.8 Å². The normalized spacial score (nSPS) is 21.5. The third-order valence-electron chi connectivity index (χ3n) is 3.75. The summed E-state index contributed by atoms with van der Waals surface area (Å²) in [7, 11) is 3.09. The number of hydrogen-bond donors (Lipinski definition) is 0.